The number of fused-ring (bicyclic) bond motifs is 1. The molecule has 2 fully saturated rings. The summed E-state index contributed by atoms with van der Waals surface area (Å²) in [7, 11) is 0. The van der Waals surface area contributed by atoms with E-state index in [1.54, 1.807) is 0 Å². The molecule has 1 saturated heterocycles. The van der Waals surface area contributed by atoms with Crippen LogP contribution in [0.4, 0.5) is 0 Å². The lowest BCUT2D eigenvalue weighted by atomic mass is 9.98. The SMILES string of the molecule is CC(C)N1CC[C@H]2C[C@@]21C(C)C. The van der Waals surface area contributed by atoms with Gasteiger partial charge in [0.2, 0.25) is 0 Å². The first kappa shape index (κ1) is 8.55. The Kier molecular flexibility index (Phi) is 1.76. The molecule has 1 heterocycles. The Morgan fingerprint density at radius 1 is 1.25 bits per heavy atom. The monoisotopic (exact) mass is 167 g/mol. The van der Waals surface area contributed by atoms with Crippen molar-refractivity contribution in [3.63, 3.8) is 0 Å². The molecule has 0 N–H and O–H groups in total. The van der Waals surface area contributed by atoms with Crippen molar-refractivity contribution in [2.45, 2.75) is 52.1 Å². The highest BCUT2D eigenvalue weighted by Crippen LogP contribution is 2.60. The molecular formula is C11H21N. The van der Waals surface area contributed by atoms with Gasteiger partial charge in [-0.05, 0) is 45.1 Å². The summed E-state index contributed by atoms with van der Waals surface area (Å²) >= 11 is 0. The van der Waals surface area contributed by atoms with Crippen LogP contribution in [0.3, 0.4) is 0 Å². The van der Waals surface area contributed by atoms with Crippen LogP contribution in [0.15, 0.2) is 0 Å². The number of rotatable bonds is 2. The summed E-state index contributed by atoms with van der Waals surface area (Å²) in [6, 6.07) is 0.750. The van der Waals surface area contributed by atoms with Crippen molar-refractivity contribution in [3.8, 4) is 0 Å². The summed E-state index contributed by atoms with van der Waals surface area (Å²) in [5, 5.41) is 0. The van der Waals surface area contributed by atoms with Gasteiger partial charge in [-0.25, -0.2) is 0 Å². The summed E-state index contributed by atoms with van der Waals surface area (Å²) in [4.78, 5) is 2.74. The summed E-state index contributed by atoms with van der Waals surface area (Å²) in [6.45, 7) is 10.8. The molecule has 2 aliphatic rings. The first-order chi connectivity index (χ1) is 5.59. The fourth-order valence-corrected chi connectivity index (χ4v) is 3.32. The fourth-order valence-electron chi connectivity index (χ4n) is 3.32. The molecule has 1 aliphatic heterocycles. The van der Waals surface area contributed by atoms with Gasteiger partial charge >= 0.3 is 0 Å². The molecule has 0 radical (unpaired) electrons. The average molecular weight is 167 g/mol. The molecule has 1 aliphatic carbocycles. The normalized spacial score (nSPS) is 41.0. The van der Waals surface area contributed by atoms with Crippen molar-refractivity contribution in [3.05, 3.63) is 0 Å². The van der Waals surface area contributed by atoms with E-state index in [0.717, 1.165) is 17.9 Å². The first-order valence-electron chi connectivity index (χ1n) is 5.35. The predicted molar refractivity (Wildman–Crippen MR) is 52.1 cm³/mol. The minimum atomic E-state index is 0.633. The van der Waals surface area contributed by atoms with Gasteiger partial charge in [-0.15, -0.1) is 0 Å². The third-order valence-corrected chi connectivity index (χ3v) is 4.00. The van der Waals surface area contributed by atoms with Gasteiger partial charge in [-0.1, -0.05) is 13.8 Å². The smallest absolute Gasteiger partial charge is 0.0267 e. The van der Waals surface area contributed by atoms with Gasteiger partial charge in [0.1, 0.15) is 0 Å². The molecule has 0 amide bonds. The van der Waals surface area contributed by atoms with Gasteiger partial charge in [-0.2, -0.15) is 0 Å². The molecule has 0 bridgehead atoms. The van der Waals surface area contributed by atoms with E-state index in [1.165, 1.54) is 19.4 Å². The largest absolute Gasteiger partial charge is 0.295 e. The highest BCUT2D eigenvalue weighted by Gasteiger charge is 2.63. The van der Waals surface area contributed by atoms with Crippen molar-refractivity contribution in [1.82, 2.24) is 4.90 Å². The lowest BCUT2D eigenvalue weighted by Gasteiger charge is -2.34. The Morgan fingerprint density at radius 3 is 2.25 bits per heavy atom. The molecular weight excluding hydrogens is 146 g/mol. The van der Waals surface area contributed by atoms with Gasteiger partial charge < -0.3 is 0 Å². The minimum absolute atomic E-state index is 0.633. The van der Waals surface area contributed by atoms with Crippen molar-refractivity contribution < 1.29 is 0 Å². The van der Waals surface area contributed by atoms with Crippen LogP contribution < -0.4 is 0 Å². The van der Waals surface area contributed by atoms with E-state index in [2.05, 4.69) is 32.6 Å². The molecule has 1 heteroatoms. The van der Waals surface area contributed by atoms with E-state index in [1.807, 2.05) is 0 Å². The third-order valence-electron chi connectivity index (χ3n) is 4.00. The quantitative estimate of drug-likeness (QED) is 0.611. The first-order valence-corrected chi connectivity index (χ1v) is 5.35. The lowest BCUT2D eigenvalue weighted by molar-refractivity contribution is 0.125. The molecule has 1 nitrogen and oxygen atoms in total. The maximum Gasteiger partial charge on any atom is 0.0267 e. The van der Waals surface area contributed by atoms with E-state index in [4.69, 9.17) is 0 Å². The van der Waals surface area contributed by atoms with Crippen LogP contribution in [0.5, 0.6) is 0 Å². The zero-order valence-corrected chi connectivity index (χ0v) is 8.80. The number of piperidine rings is 1. The second-order valence-electron chi connectivity index (χ2n) is 5.12. The highest BCUT2D eigenvalue weighted by molar-refractivity contribution is 5.17. The average Bonchev–Trinajstić information content (AvgIpc) is 2.58. The molecule has 70 valence electrons. The maximum absolute atomic E-state index is 2.74. The van der Waals surface area contributed by atoms with Crippen LogP contribution in [-0.4, -0.2) is 23.0 Å². The minimum Gasteiger partial charge on any atom is -0.295 e. The molecule has 0 aromatic carbocycles. The van der Waals surface area contributed by atoms with Gasteiger partial charge in [0.05, 0.1) is 0 Å². The number of hydrogen-bond acceptors (Lipinski definition) is 1. The predicted octanol–water partition coefficient (Wildman–Crippen LogP) is 2.52. The van der Waals surface area contributed by atoms with Crippen molar-refractivity contribution in [2.24, 2.45) is 11.8 Å². The van der Waals surface area contributed by atoms with Gasteiger partial charge in [-0.3, -0.25) is 4.90 Å². The van der Waals surface area contributed by atoms with E-state index in [-0.39, 0.29) is 0 Å². The van der Waals surface area contributed by atoms with Gasteiger partial charge in [0, 0.05) is 11.6 Å². The molecule has 2 rings (SSSR count). The second-order valence-corrected chi connectivity index (χ2v) is 5.12. The number of likely N-dealkylation sites (tertiary alicyclic amines) is 1. The standard InChI is InChI=1S/C11H21N/c1-8(2)11-7-10(11)5-6-12(11)9(3)4/h8-10H,5-7H2,1-4H3/t10-,11+/m0/s1. The Hall–Kier alpha value is -0.0400. The van der Waals surface area contributed by atoms with Crippen LogP contribution in [0, 0.1) is 11.8 Å². The van der Waals surface area contributed by atoms with Crippen LogP contribution in [-0.2, 0) is 0 Å². The summed E-state index contributed by atoms with van der Waals surface area (Å²) in [6.07, 6.45) is 2.93. The third kappa shape index (κ3) is 0.891. The van der Waals surface area contributed by atoms with Crippen molar-refractivity contribution in [1.29, 1.82) is 0 Å². The zero-order valence-electron chi connectivity index (χ0n) is 8.80. The van der Waals surface area contributed by atoms with Gasteiger partial charge in [0.15, 0.2) is 0 Å². The van der Waals surface area contributed by atoms with Crippen LogP contribution in [0.25, 0.3) is 0 Å². The van der Waals surface area contributed by atoms with Crippen LogP contribution in [0.1, 0.15) is 40.5 Å². The lowest BCUT2D eigenvalue weighted by Crippen LogP contribution is -2.43. The maximum atomic E-state index is 2.74. The van der Waals surface area contributed by atoms with Crippen LogP contribution >= 0.6 is 0 Å². The Balaban J connectivity index is 2.16. The van der Waals surface area contributed by atoms with E-state index < -0.39 is 0 Å². The zero-order chi connectivity index (χ0) is 8.93. The molecule has 0 aromatic heterocycles. The highest BCUT2D eigenvalue weighted by atomic mass is 15.3. The topological polar surface area (TPSA) is 3.24 Å². The Bertz CT molecular complexity index is 181. The Morgan fingerprint density at radius 2 is 1.92 bits per heavy atom. The fraction of sp³-hybridized carbons (Fsp3) is 1.00. The molecule has 2 atom stereocenters. The van der Waals surface area contributed by atoms with E-state index >= 15 is 0 Å². The van der Waals surface area contributed by atoms with E-state index in [9.17, 15) is 0 Å². The second kappa shape index (κ2) is 2.47. The van der Waals surface area contributed by atoms with Crippen molar-refractivity contribution >= 4 is 0 Å². The molecule has 0 unspecified atom stereocenters. The summed E-state index contributed by atoms with van der Waals surface area (Å²) in [5.74, 6) is 1.90. The molecule has 12 heavy (non-hydrogen) atoms. The Labute approximate surface area is 76.1 Å². The molecule has 0 aromatic rings. The van der Waals surface area contributed by atoms with Gasteiger partial charge in [0.25, 0.3) is 0 Å². The van der Waals surface area contributed by atoms with Crippen LogP contribution in [0.2, 0.25) is 0 Å². The summed E-state index contributed by atoms with van der Waals surface area (Å²) in [5.41, 5.74) is 0.633. The number of hydrogen-bond donors (Lipinski definition) is 0. The summed E-state index contributed by atoms with van der Waals surface area (Å²) < 4.78 is 0. The molecule has 0 spiro atoms. The van der Waals surface area contributed by atoms with E-state index in [0.29, 0.717) is 5.54 Å². The van der Waals surface area contributed by atoms with Crippen molar-refractivity contribution in [2.75, 3.05) is 6.54 Å². The number of nitrogens with zero attached hydrogens (tertiary/aromatic N) is 1. The molecule has 1 saturated carbocycles.